The zero-order chi connectivity index (χ0) is 17.1. The second kappa shape index (κ2) is 6.91. The monoisotopic (exact) mass is 338 g/mol. The molecule has 0 spiro atoms. The Kier molecular flexibility index (Phi) is 5.15. The first-order chi connectivity index (χ1) is 10.8. The van der Waals surface area contributed by atoms with Crippen molar-refractivity contribution >= 4 is 33.5 Å². The van der Waals surface area contributed by atoms with Crippen molar-refractivity contribution in [2.75, 3.05) is 6.61 Å². The Hall–Kier alpha value is -2.22. The molecule has 124 valence electrons. The van der Waals surface area contributed by atoms with Crippen molar-refractivity contribution in [3.05, 3.63) is 27.1 Å². The minimum Gasteiger partial charge on any atom is -0.462 e. The number of thiophene rings is 1. The van der Waals surface area contributed by atoms with Gasteiger partial charge in [-0.25, -0.2) is 9.78 Å². The van der Waals surface area contributed by atoms with Crippen LogP contribution in [0, 0.1) is 6.92 Å². The molecule has 0 bridgehead atoms. The predicted molar refractivity (Wildman–Crippen MR) is 85.8 cm³/mol. The van der Waals surface area contributed by atoms with Gasteiger partial charge in [-0.2, -0.15) is 0 Å². The van der Waals surface area contributed by atoms with Gasteiger partial charge in [-0.1, -0.05) is 0 Å². The van der Waals surface area contributed by atoms with Crippen LogP contribution in [0.4, 0.5) is 0 Å². The summed E-state index contributed by atoms with van der Waals surface area (Å²) < 4.78 is 11.2. The molecule has 0 aromatic carbocycles. The molecule has 2 heterocycles. The second-order valence-electron chi connectivity index (χ2n) is 5.17. The molecule has 0 saturated carbocycles. The van der Waals surface area contributed by atoms with Crippen molar-refractivity contribution in [3.63, 3.8) is 0 Å². The molecule has 0 fully saturated rings. The molecule has 0 radical (unpaired) electrons. The summed E-state index contributed by atoms with van der Waals surface area (Å²) in [6.45, 7) is 6.89. The Morgan fingerprint density at radius 2 is 2.09 bits per heavy atom. The van der Waals surface area contributed by atoms with E-state index in [4.69, 9.17) is 9.47 Å². The summed E-state index contributed by atoms with van der Waals surface area (Å²) in [6, 6.07) is 0. The van der Waals surface area contributed by atoms with Crippen molar-refractivity contribution < 1.29 is 19.1 Å². The summed E-state index contributed by atoms with van der Waals surface area (Å²) in [4.78, 5) is 41.1. The van der Waals surface area contributed by atoms with E-state index < -0.39 is 11.9 Å². The van der Waals surface area contributed by atoms with Crippen molar-refractivity contribution in [1.29, 1.82) is 0 Å². The highest BCUT2D eigenvalue weighted by Gasteiger charge is 2.21. The van der Waals surface area contributed by atoms with E-state index in [2.05, 4.69) is 4.98 Å². The molecule has 0 amide bonds. The Morgan fingerprint density at radius 3 is 2.70 bits per heavy atom. The van der Waals surface area contributed by atoms with Gasteiger partial charge in [0, 0.05) is 0 Å². The smallest absolute Gasteiger partial charge is 0.348 e. The molecule has 0 atom stereocenters. The van der Waals surface area contributed by atoms with Crippen molar-refractivity contribution in [3.8, 4) is 0 Å². The largest absolute Gasteiger partial charge is 0.462 e. The lowest BCUT2D eigenvalue weighted by Gasteiger charge is -2.09. The van der Waals surface area contributed by atoms with E-state index in [0.29, 0.717) is 20.7 Å². The molecule has 0 N–H and O–H groups in total. The highest BCUT2D eigenvalue weighted by molar-refractivity contribution is 7.20. The van der Waals surface area contributed by atoms with E-state index in [1.54, 1.807) is 27.7 Å². The van der Waals surface area contributed by atoms with Crippen molar-refractivity contribution in [2.45, 2.75) is 40.3 Å². The van der Waals surface area contributed by atoms with Gasteiger partial charge < -0.3 is 9.47 Å². The van der Waals surface area contributed by atoms with Gasteiger partial charge in [0.1, 0.15) is 16.3 Å². The number of nitrogens with zero attached hydrogens (tertiary/aromatic N) is 2. The van der Waals surface area contributed by atoms with Crippen LogP contribution < -0.4 is 5.56 Å². The first-order valence-corrected chi connectivity index (χ1v) is 8.01. The molecule has 2 aromatic rings. The van der Waals surface area contributed by atoms with Crippen molar-refractivity contribution in [2.24, 2.45) is 0 Å². The molecule has 2 rings (SSSR count). The van der Waals surface area contributed by atoms with Crippen LogP contribution in [-0.2, 0) is 20.8 Å². The minimum atomic E-state index is -0.512. The Morgan fingerprint density at radius 1 is 1.39 bits per heavy atom. The molecule has 2 aromatic heterocycles. The zero-order valence-electron chi connectivity index (χ0n) is 13.4. The number of aromatic nitrogens is 2. The standard InChI is InChI=1S/C15H18N2O5S/c1-5-21-15(20)12-9(4)11-13(23-12)16-7-17(14(11)19)6-10(18)22-8(2)3/h7-8H,5-6H2,1-4H3. The Bertz CT molecular complexity index is 806. The number of aryl methyl sites for hydroxylation is 1. The van der Waals surface area contributed by atoms with E-state index in [0.717, 1.165) is 11.3 Å². The lowest BCUT2D eigenvalue weighted by atomic mass is 10.2. The molecule has 0 aliphatic heterocycles. The highest BCUT2D eigenvalue weighted by Crippen LogP contribution is 2.27. The van der Waals surface area contributed by atoms with Crippen LogP contribution in [-0.4, -0.2) is 34.2 Å². The normalized spacial score (nSPS) is 11.0. The van der Waals surface area contributed by atoms with Gasteiger partial charge in [0.15, 0.2) is 0 Å². The Labute approximate surface area is 136 Å². The summed E-state index contributed by atoms with van der Waals surface area (Å²) in [5.74, 6) is -0.986. The summed E-state index contributed by atoms with van der Waals surface area (Å²) in [5, 5.41) is 0.331. The highest BCUT2D eigenvalue weighted by atomic mass is 32.1. The van der Waals surface area contributed by atoms with Gasteiger partial charge in [-0.05, 0) is 33.3 Å². The number of esters is 2. The minimum absolute atomic E-state index is 0.218. The first kappa shape index (κ1) is 17.1. The van der Waals surface area contributed by atoms with Crippen molar-refractivity contribution in [1.82, 2.24) is 9.55 Å². The molecule has 0 aliphatic rings. The van der Waals surface area contributed by atoms with E-state index in [1.807, 2.05) is 0 Å². The Balaban J connectivity index is 2.43. The fraction of sp³-hybridized carbons (Fsp3) is 0.467. The number of ether oxygens (including phenoxy) is 2. The number of rotatable bonds is 5. The molecular weight excluding hydrogens is 320 g/mol. The second-order valence-corrected chi connectivity index (χ2v) is 6.17. The fourth-order valence-corrected chi connectivity index (χ4v) is 3.14. The zero-order valence-corrected chi connectivity index (χ0v) is 14.2. The maximum Gasteiger partial charge on any atom is 0.348 e. The molecular formula is C15H18N2O5S. The number of hydrogen-bond donors (Lipinski definition) is 0. The van der Waals surface area contributed by atoms with Gasteiger partial charge in [0.05, 0.1) is 24.4 Å². The molecule has 0 saturated heterocycles. The summed E-state index contributed by atoms with van der Waals surface area (Å²) in [6.07, 6.45) is 1.03. The third-order valence-electron chi connectivity index (χ3n) is 3.04. The molecule has 0 aliphatic carbocycles. The fourth-order valence-electron chi connectivity index (χ4n) is 2.10. The summed E-state index contributed by atoms with van der Waals surface area (Å²) in [5.41, 5.74) is 0.146. The van der Waals surface area contributed by atoms with Crippen LogP contribution in [0.3, 0.4) is 0 Å². The quantitative estimate of drug-likeness (QED) is 0.774. The van der Waals surface area contributed by atoms with Gasteiger partial charge in [0.2, 0.25) is 0 Å². The van der Waals surface area contributed by atoms with Gasteiger partial charge in [-0.3, -0.25) is 14.2 Å². The topological polar surface area (TPSA) is 87.5 Å². The molecule has 0 unspecified atom stereocenters. The van der Waals surface area contributed by atoms with Crippen LogP contribution in [0.2, 0.25) is 0 Å². The third-order valence-corrected chi connectivity index (χ3v) is 4.22. The van der Waals surface area contributed by atoms with Gasteiger partial charge >= 0.3 is 11.9 Å². The molecule has 7 nitrogen and oxygen atoms in total. The van der Waals surface area contributed by atoms with Gasteiger partial charge in [0.25, 0.3) is 5.56 Å². The lowest BCUT2D eigenvalue weighted by Crippen LogP contribution is -2.26. The number of hydrogen-bond acceptors (Lipinski definition) is 7. The average Bonchev–Trinajstić information content (AvgIpc) is 2.79. The summed E-state index contributed by atoms with van der Waals surface area (Å²) in [7, 11) is 0. The SMILES string of the molecule is CCOC(=O)c1sc2ncn(CC(=O)OC(C)C)c(=O)c2c1C. The van der Waals surface area contributed by atoms with Crippen LogP contribution in [0.1, 0.15) is 36.0 Å². The first-order valence-electron chi connectivity index (χ1n) is 7.20. The summed E-state index contributed by atoms with van der Waals surface area (Å²) >= 11 is 1.11. The molecule has 23 heavy (non-hydrogen) atoms. The van der Waals surface area contributed by atoms with E-state index in [9.17, 15) is 14.4 Å². The van der Waals surface area contributed by atoms with Crippen LogP contribution >= 0.6 is 11.3 Å². The molecule has 8 heteroatoms. The lowest BCUT2D eigenvalue weighted by molar-refractivity contribution is -0.148. The average molecular weight is 338 g/mol. The number of fused-ring (bicyclic) bond motifs is 1. The maximum atomic E-state index is 12.5. The van der Waals surface area contributed by atoms with Gasteiger partial charge in [-0.15, -0.1) is 11.3 Å². The number of carbonyl (C=O) groups is 2. The van der Waals surface area contributed by atoms with E-state index >= 15 is 0 Å². The van der Waals surface area contributed by atoms with Crippen LogP contribution in [0.15, 0.2) is 11.1 Å². The van der Waals surface area contributed by atoms with Crippen LogP contribution in [0.5, 0.6) is 0 Å². The third kappa shape index (κ3) is 3.58. The number of carbonyl (C=O) groups excluding carboxylic acids is 2. The predicted octanol–water partition coefficient (Wildman–Crippen LogP) is 1.89. The van der Waals surface area contributed by atoms with E-state index in [-0.39, 0.29) is 24.8 Å². The maximum absolute atomic E-state index is 12.5. The van der Waals surface area contributed by atoms with E-state index in [1.165, 1.54) is 10.9 Å². The van der Waals surface area contributed by atoms with Crippen LogP contribution in [0.25, 0.3) is 10.2 Å².